The zero-order chi connectivity index (χ0) is 15.1. The summed E-state index contributed by atoms with van der Waals surface area (Å²) in [7, 11) is 0. The summed E-state index contributed by atoms with van der Waals surface area (Å²) in [6.45, 7) is 1.64. The molecule has 1 aliphatic carbocycles. The van der Waals surface area contributed by atoms with Gasteiger partial charge in [0.05, 0.1) is 6.04 Å². The van der Waals surface area contributed by atoms with Crippen LogP contribution in [0.25, 0.3) is 0 Å². The van der Waals surface area contributed by atoms with E-state index in [0.29, 0.717) is 12.2 Å². The number of carbonyl (C=O) groups is 1. The van der Waals surface area contributed by atoms with Gasteiger partial charge in [-0.1, -0.05) is 28.1 Å². The number of aromatic nitrogens is 2. The maximum Gasteiger partial charge on any atom is 0.272 e. The Labute approximate surface area is 137 Å². The molecule has 1 unspecified atom stereocenters. The highest BCUT2D eigenvalue weighted by Gasteiger charge is 2.28. The number of nitrogens with one attached hydrogen (secondary N) is 3. The van der Waals surface area contributed by atoms with Gasteiger partial charge in [-0.2, -0.15) is 5.10 Å². The quantitative estimate of drug-likeness (QED) is 0.769. The number of rotatable bonds is 2. The number of H-pyrrole nitrogens is 1. The fourth-order valence-corrected chi connectivity index (χ4v) is 3.98. The largest absolute Gasteiger partial charge is 0.344 e. The molecule has 0 fully saturated rings. The van der Waals surface area contributed by atoms with Crippen molar-refractivity contribution in [1.29, 1.82) is 0 Å². The molecule has 5 nitrogen and oxygen atoms in total. The van der Waals surface area contributed by atoms with Gasteiger partial charge in [0.2, 0.25) is 0 Å². The molecule has 22 heavy (non-hydrogen) atoms. The normalized spacial score (nSPS) is 19.6. The molecule has 2 aromatic rings. The molecule has 0 saturated carbocycles. The summed E-state index contributed by atoms with van der Waals surface area (Å²) in [4.78, 5) is 12.6. The van der Waals surface area contributed by atoms with Crippen LogP contribution in [0, 0.1) is 0 Å². The highest BCUT2D eigenvalue weighted by atomic mass is 79.9. The lowest BCUT2D eigenvalue weighted by molar-refractivity contribution is 0.0930. The maximum atomic E-state index is 12.6. The summed E-state index contributed by atoms with van der Waals surface area (Å²) in [5, 5.41) is 13.7. The Bertz CT molecular complexity index is 740. The fourth-order valence-electron chi connectivity index (χ4n) is 3.40. The molecule has 1 atom stereocenters. The van der Waals surface area contributed by atoms with E-state index in [9.17, 15) is 4.79 Å². The molecule has 1 aromatic carbocycles. The minimum atomic E-state index is -0.0842. The summed E-state index contributed by atoms with van der Waals surface area (Å²) >= 11 is 3.59. The second kappa shape index (κ2) is 5.52. The van der Waals surface area contributed by atoms with Gasteiger partial charge in [0.1, 0.15) is 0 Å². The van der Waals surface area contributed by atoms with E-state index in [1.54, 1.807) is 0 Å². The zero-order valence-electron chi connectivity index (χ0n) is 12.1. The van der Waals surface area contributed by atoms with E-state index >= 15 is 0 Å². The molecule has 1 amide bonds. The summed E-state index contributed by atoms with van der Waals surface area (Å²) in [6, 6.07) is 6.25. The van der Waals surface area contributed by atoms with Crippen LogP contribution in [0.3, 0.4) is 0 Å². The molecule has 0 spiro atoms. The number of hydrogen-bond acceptors (Lipinski definition) is 3. The molecule has 2 aliphatic rings. The predicted molar refractivity (Wildman–Crippen MR) is 86.7 cm³/mol. The first kappa shape index (κ1) is 14.0. The minimum Gasteiger partial charge on any atom is -0.344 e. The van der Waals surface area contributed by atoms with Crippen LogP contribution in [0.4, 0.5) is 0 Å². The van der Waals surface area contributed by atoms with Crippen molar-refractivity contribution in [3.63, 3.8) is 0 Å². The van der Waals surface area contributed by atoms with Crippen molar-refractivity contribution < 1.29 is 4.79 Å². The van der Waals surface area contributed by atoms with E-state index in [-0.39, 0.29) is 11.9 Å². The third-order valence-electron chi connectivity index (χ3n) is 4.54. The average molecular weight is 361 g/mol. The van der Waals surface area contributed by atoms with Gasteiger partial charge in [-0.15, -0.1) is 0 Å². The Balaban J connectivity index is 1.57. The number of nitrogens with zero attached hydrogens (tertiary/aromatic N) is 1. The Morgan fingerprint density at radius 2 is 2.23 bits per heavy atom. The van der Waals surface area contributed by atoms with Crippen LogP contribution in [-0.2, 0) is 19.4 Å². The summed E-state index contributed by atoms with van der Waals surface area (Å²) in [5.41, 5.74) is 5.14. The van der Waals surface area contributed by atoms with Gasteiger partial charge >= 0.3 is 0 Å². The lowest BCUT2D eigenvalue weighted by Gasteiger charge is -2.16. The van der Waals surface area contributed by atoms with Gasteiger partial charge < -0.3 is 10.6 Å². The highest BCUT2D eigenvalue weighted by Crippen LogP contribution is 2.35. The van der Waals surface area contributed by atoms with Crippen molar-refractivity contribution >= 4 is 21.8 Å². The van der Waals surface area contributed by atoms with E-state index in [4.69, 9.17) is 0 Å². The van der Waals surface area contributed by atoms with Crippen LogP contribution in [0.2, 0.25) is 0 Å². The van der Waals surface area contributed by atoms with Crippen molar-refractivity contribution in [2.45, 2.75) is 31.8 Å². The van der Waals surface area contributed by atoms with Crippen LogP contribution >= 0.6 is 15.9 Å². The molecule has 114 valence electrons. The second-order valence-electron chi connectivity index (χ2n) is 5.83. The second-order valence-corrected chi connectivity index (χ2v) is 6.68. The molecule has 2 heterocycles. The third kappa shape index (κ3) is 2.27. The molecule has 3 N–H and O–H groups in total. The Hall–Kier alpha value is -1.66. The highest BCUT2D eigenvalue weighted by molar-refractivity contribution is 9.10. The van der Waals surface area contributed by atoms with Crippen molar-refractivity contribution in [2.75, 3.05) is 6.54 Å². The monoisotopic (exact) mass is 360 g/mol. The van der Waals surface area contributed by atoms with Crippen LogP contribution in [0.15, 0.2) is 22.7 Å². The van der Waals surface area contributed by atoms with Crippen LogP contribution in [0.5, 0.6) is 0 Å². The SMILES string of the molecule is O=C(NC1CCc2c(Br)cccc21)c1n[nH]c2c1CNCC2. The standard InChI is InChI=1S/C16H17BrN4O/c17-12-3-1-2-10-9(12)4-5-13(10)19-16(22)15-11-8-18-7-6-14(11)20-21-15/h1-3,13,18H,4-8H2,(H,19,22)(H,20,21). The Morgan fingerprint density at radius 1 is 1.32 bits per heavy atom. The van der Waals surface area contributed by atoms with Crippen LogP contribution in [0.1, 0.15) is 45.3 Å². The zero-order valence-corrected chi connectivity index (χ0v) is 13.7. The molecule has 0 saturated heterocycles. The molecule has 1 aliphatic heterocycles. The molecule has 0 radical (unpaired) electrons. The number of carbonyl (C=O) groups excluding carboxylic acids is 1. The van der Waals surface area contributed by atoms with Crippen molar-refractivity contribution in [3.05, 3.63) is 50.8 Å². The number of halogens is 1. The number of benzene rings is 1. The molecule has 4 rings (SSSR count). The van der Waals surface area contributed by atoms with Gasteiger partial charge in [0, 0.05) is 35.2 Å². The molecular formula is C16H17BrN4O. The molecule has 1 aromatic heterocycles. The first-order valence-electron chi connectivity index (χ1n) is 7.59. The smallest absolute Gasteiger partial charge is 0.272 e. The molecular weight excluding hydrogens is 344 g/mol. The van der Waals surface area contributed by atoms with E-state index in [0.717, 1.165) is 41.5 Å². The first-order chi connectivity index (χ1) is 10.7. The summed E-state index contributed by atoms with van der Waals surface area (Å²) in [6.07, 6.45) is 2.82. The minimum absolute atomic E-state index is 0.0731. The summed E-state index contributed by atoms with van der Waals surface area (Å²) < 4.78 is 1.13. The van der Waals surface area contributed by atoms with Gasteiger partial charge in [0.15, 0.2) is 5.69 Å². The van der Waals surface area contributed by atoms with Crippen molar-refractivity contribution in [2.24, 2.45) is 0 Å². The average Bonchev–Trinajstić information content (AvgIpc) is 3.12. The number of hydrogen-bond donors (Lipinski definition) is 3. The topological polar surface area (TPSA) is 69.8 Å². The lowest BCUT2D eigenvalue weighted by atomic mass is 10.1. The first-order valence-corrected chi connectivity index (χ1v) is 8.38. The van der Waals surface area contributed by atoms with Gasteiger partial charge in [0.25, 0.3) is 5.91 Å². The van der Waals surface area contributed by atoms with E-state index in [1.807, 2.05) is 6.07 Å². The third-order valence-corrected chi connectivity index (χ3v) is 5.28. The molecule has 6 heteroatoms. The number of amides is 1. The predicted octanol–water partition coefficient (Wildman–Crippen LogP) is 2.24. The summed E-state index contributed by atoms with van der Waals surface area (Å²) in [5.74, 6) is -0.0842. The van der Waals surface area contributed by atoms with Gasteiger partial charge in [-0.3, -0.25) is 9.89 Å². The van der Waals surface area contributed by atoms with Crippen molar-refractivity contribution in [1.82, 2.24) is 20.8 Å². The Morgan fingerprint density at radius 3 is 3.14 bits per heavy atom. The van der Waals surface area contributed by atoms with Gasteiger partial charge in [-0.05, 0) is 30.0 Å². The molecule has 0 bridgehead atoms. The lowest BCUT2D eigenvalue weighted by Crippen LogP contribution is -2.30. The maximum absolute atomic E-state index is 12.6. The fraction of sp³-hybridized carbons (Fsp3) is 0.375. The van der Waals surface area contributed by atoms with Crippen molar-refractivity contribution in [3.8, 4) is 0 Å². The number of aromatic amines is 1. The van der Waals surface area contributed by atoms with E-state index < -0.39 is 0 Å². The van der Waals surface area contributed by atoms with Crippen LogP contribution < -0.4 is 10.6 Å². The van der Waals surface area contributed by atoms with Gasteiger partial charge in [-0.25, -0.2) is 0 Å². The van der Waals surface area contributed by atoms with Crippen LogP contribution in [-0.4, -0.2) is 22.6 Å². The van der Waals surface area contributed by atoms with E-state index in [2.05, 4.69) is 48.9 Å². The number of fused-ring (bicyclic) bond motifs is 2. The Kier molecular flexibility index (Phi) is 3.50. The van der Waals surface area contributed by atoms with E-state index in [1.165, 1.54) is 11.1 Å².